The number of nitrogens with one attached hydrogen (secondary N) is 1. The van der Waals surface area contributed by atoms with Crippen molar-refractivity contribution in [3.05, 3.63) is 42.1 Å². The lowest BCUT2D eigenvalue weighted by atomic mass is 10.1. The molecule has 0 heterocycles. The van der Waals surface area contributed by atoms with E-state index in [4.69, 9.17) is 10.2 Å². The molecule has 0 saturated heterocycles. The summed E-state index contributed by atoms with van der Waals surface area (Å²) in [5, 5.41) is 20.9. The van der Waals surface area contributed by atoms with Crippen molar-refractivity contribution in [2.24, 2.45) is 0 Å². The zero-order valence-corrected chi connectivity index (χ0v) is 9.05. The van der Waals surface area contributed by atoms with Crippen LogP contribution in [-0.2, 0) is 11.2 Å². The Bertz CT molecular complexity index is 370. The average molecular weight is 221 g/mol. The molecule has 3 N–H and O–H groups in total. The van der Waals surface area contributed by atoms with E-state index in [1.54, 1.807) is 36.5 Å². The number of carboxylic acid groups (broad SMARTS) is 1. The van der Waals surface area contributed by atoms with Crippen LogP contribution in [0.5, 0.6) is 5.75 Å². The lowest BCUT2D eigenvalue weighted by Gasteiger charge is -2.12. The molecule has 0 aliphatic rings. The van der Waals surface area contributed by atoms with E-state index in [2.05, 4.69) is 5.32 Å². The lowest BCUT2D eigenvalue weighted by molar-refractivity contribution is -0.139. The van der Waals surface area contributed by atoms with Gasteiger partial charge in [-0.1, -0.05) is 18.2 Å². The molecule has 0 aromatic heterocycles. The Morgan fingerprint density at radius 3 is 2.56 bits per heavy atom. The third kappa shape index (κ3) is 3.65. The van der Waals surface area contributed by atoms with Crippen molar-refractivity contribution < 1.29 is 15.0 Å². The molecule has 0 amide bonds. The average Bonchev–Trinajstić information content (AvgIpc) is 2.26. The fourth-order valence-electron chi connectivity index (χ4n) is 1.30. The van der Waals surface area contributed by atoms with Gasteiger partial charge in [-0.3, -0.25) is 0 Å². The van der Waals surface area contributed by atoms with Crippen LogP contribution < -0.4 is 5.32 Å². The smallest absolute Gasteiger partial charge is 0.326 e. The van der Waals surface area contributed by atoms with Crippen molar-refractivity contribution in [3.63, 3.8) is 0 Å². The van der Waals surface area contributed by atoms with Crippen molar-refractivity contribution in [1.29, 1.82) is 0 Å². The Morgan fingerprint density at radius 1 is 1.44 bits per heavy atom. The second-order valence-electron chi connectivity index (χ2n) is 3.43. The predicted octanol–water partition coefficient (Wildman–Crippen LogP) is 1.51. The predicted molar refractivity (Wildman–Crippen MR) is 61.2 cm³/mol. The van der Waals surface area contributed by atoms with E-state index in [-0.39, 0.29) is 5.75 Å². The van der Waals surface area contributed by atoms with Gasteiger partial charge in [0.15, 0.2) is 0 Å². The Morgan fingerprint density at radius 2 is 2.06 bits per heavy atom. The van der Waals surface area contributed by atoms with Crippen molar-refractivity contribution in [1.82, 2.24) is 5.32 Å². The minimum atomic E-state index is -0.897. The van der Waals surface area contributed by atoms with E-state index < -0.39 is 12.0 Å². The van der Waals surface area contributed by atoms with E-state index >= 15 is 0 Å². The van der Waals surface area contributed by atoms with Gasteiger partial charge in [0, 0.05) is 6.42 Å². The largest absolute Gasteiger partial charge is 0.508 e. The maximum Gasteiger partial charge on any atom is 0.326 e. The maximum absolute atomic E-state index is 10.9. The van der Waals surface area contributed by atoms with E-state index in [9.17, 15) is 4.79 Å². The summed E-state index contributed by atoms with van der Waals surface area (Å²) in [6.07, 6.45) is 3.73. The van der Waals surface area contributed by atoms with Crippen LogP contribution in [0.25, 0.3) is 0 Å². The fraction of sp³-hybridized carbons (Fsp3) is 0.250. The maximum atomic E-state index is 10.9. The molecule has 0 radical (unpaired) electrons. The zero-order valence-electron chi connectivity index (χ0n) is 9.05. The first-order valence-electron chi connectivity index (χ1n) is 5.01. The molecule has 0 bridgehead atoms. The second-order valence-corrected chi connectivity index (χ2v) is 3.43. The Kier molecular flexibility index (Phi) is 4.39. The quantitative estimate of drug-likeness (QED) is 0.705. The molecule has 0 aliphatic heterocycles. The van der Waals surface area contributed by atoms with Crippen LogP contribution in [0.3, 0.4) is 0 Å². The van der Waals surface area contributed by atoms with Crippen LogP contribution in [0.2, 0.25) is 0 Å². The van der Waals surface area contributed by atoms with Gasteiger partial charge in [0.2, 0.25) is 0 Å². The molecule has 1 aromatic carbocycles. The lowest BCUT2D eigenvalue weighted by Crippen LogP contribution is -2.35. The minimum Gasteiger partial charge on any atom is -0.508 e. The molecule has 0 saturated carbocycles. The van der Waals surface area contributed by atoms with E-state index in [0.717, 1.165) is 5.56 Å². The molecule has 0 aliphatic carbocycles. The van der Waals surface area contributed by atoms with Crippen LogP contribution >= 0.6 is 0 Å². The van der Waals surface area contributed by atoms with Crippen LogP contribution in [0, 0.1) is 0 Å². The SMILES string of the molecule is CC=CNC(Cc1ccc(O)cc1)C(=O)O. The third-order valence-corrected chi connectivity index (χ3v) is 2.14. The molecule has 1 atom stereocenters. The van der Waals surface area contributed by atoms with Gasteiger partial charge in [0.1, 0.15) is 11.8 Å². The standard InChI is InChI=1S/C12H15NO3/c1-2-7-13-11(12(15)16)8-9-3-5-10(14)6-4-9/h2-7,11,13-14H,8H2,1H3,(H,15,16). The summed E-state index contributed by atoms with van der Waals surface area (Å²) in [5.41, 5.74) is 0.863. The molecular weight excluding hydrogens is 206 g/mol. The van der Waals surface area contributed by atoms with Crippen molar-refractivity contribution in [2.75, 3.05) is 0 Å². The molecule has 1 unspecified atom stereocenters. The highest BCUT2D eigenvalue weighted by atomic mass is 16.4. The number of aliphatic carboxylic acids is 1. The first-order chi connectivity index (χ1) is 7.63. The molecule has 4 nitrogen and oxygen atoms in total. The third-order valence-electron chi connectivity index (χ3n) is 2.14. The Labute approximate surface area is 94.2 Å². The number of phenols is 1. The first-order valence-corrected chi connectivity index (χ1v) is 5.01. The minimum absolute atomic E-state index is 0.178. The van der Waals surface area contributed by atoms with Gasteiger partial charge in [0.25, 0.3) is 0 Å². The van der Waals surface area contributed by atoms with Gasteiger partial charge in [-0.25, -0.2) is 4.79 Å². The fourth-order valence-corrected chi connectivity index (χ4v) is 1.30. The summed E-state index contributed by atoms with van der Waals surface area (Å²) < 4.78 is 0. The molecular formula is C12H15NO3. The molecule has 0 fully saturated rings. The number of aromatic hydroxyl groups is 1. The Balaban J connectivity index is 2.67. The number of hydrogen-bond acceptors (Lipinski definition) is 3. The van der Waals surface area contributed by atoms with E-state index in [0.29, 0.717) is 6.42 Å². The number of phenolic OH excluding ortho intramolecular Hbond substituents is 1. The Hall–Kier alpha value is -1.97. The molecule has 1 aromatic rings. The first kappa shape index (κ1) is 12.1. The number of allylic oxidation sites excluding steroid dienone is 1. The van der Waals surface area contributed by atoms with Gasteiger partial charge < -0.3 is 15.5 Å². The van der Waals surface area contributed by atoms with Crippen LogP contribution in [0.4, 0.5) is 0 Å². The number of carboxylic acids is 1. The summed E-state index contributed by atoms with van der Waals surface area (Å²) in [5.74, 6) is -0.719. The number of carbonyl (C=O) groups is 1. The highest BCUT2D eigenvalue weighted by molar-refractivity contribution is 5.74. The van der Waals surface area contributed by atoms with Gasteiger partial charge in [-0.05, 0) is 30.8 Å². The van der Waals surface area contributed by atoms with Gasteiger partial charge in [-0.2, -0.15) is 0 Å². The summed E-state index contributed by atoms with van der Waals surface area (Å²) >= 11 is 0. The summed E-state index contributed by atoms with van der Waals surface area (Å²) in [4.78, 5) is 10.9. The molecule has 0 spiro atoms. The molecule has 4 heteroatoms. The summed E-state index contributed by atoms with van der Waals surface area (Å²) in [6.45, 7) is 1.81. The zero-order chi connectivity index (χ0) is 12.0. The monoisotopic (exact) mass is 221 g/mol. The normalized spacial score (nSPS) is 12.6. The molecule has 1 rings (SSSR count). The molecule has 86 valence electrons. The number of benzene rings is 1. The number of hydrogen-bond donors (Lipinski definition) is 3. The molecule has 16 heavy (non-hydrogen) atoms. The van der Waals surface area contributed by atoms with Crippen molar-refractivity contribution >= 4 is 5.97 Å². The van der Waals surface area contributed by atoms with Crippen LogP contribution in [-0.4, -0.2) is 22.2 Å². The van der Waals surface area contributed by atoms with Gasteiger partial charge >= 0.3 is 5.97 Å². The summed E-state index contributed by atoms with van der Waals surface area (Å²) in [6, 6.07) is 5.86. The number of rotatable bonds is 5. The second kappa shape index (κ2) is 5.80. The summed E-state index contributed by atoms with van der Waals surface area (Å²) in [7, 11) is 0. The van der Waals surface area contributed by atoms with Crippen molar-refractivity contribution in [3.8, 4) is 5.75 Å². The van der Waals surface area contributed by atoms with Gasteiger partial charge in [-0.15, -0.1) is 0 Å². The van der Waals surface area contributed by atoms with E-state index in [1.807, 2.05) is 6.92 Å². The highest BCUT2D eigenvalue weighted by Gasteiger charge is 2.15. The highest BCUT2D eigenvalue weighted by Crippen LogP contribution is 2.11. The topological polar surface area (TPSA) is 69.6 Å². The van der Waals surface area contributed by atoms with Gasteiger partial charge in [0.05, 0.1) is 0 Å². The van der Waals surface area contributed by atoms with Crippen molar-refractivity contribution in [2.45, 2.75) is 19.4 Å². The van der Waals surface area contributed by atoms with Crippen LogP contribution in [0.1, 0.15) is 12.5 Å². The van der Waals surface area contributed by atoms with E-state index in [1.165, 1.54) is 0 Å². The van der Waals surface area contributed by atoms with Crippen LogP contribution in [0.15, 0.2) is 36.5 Å².